The first-order chi connectivity index (χ1) is 10.6. The molecule has 1 radical (unpaired) electrons. The van der Waals surface area contributed by atoms with Gasteiger partial charge in [0.15, 0.2) is 0 Å². The molecule has 0 N–H and O–H groups in total. The maximum absolute atomic E-state index is 12.1. The molecule has 0 atom stereocenters. The Kier molecular flexibility index (Phi) is 6.44. The molecule has 1 saturated carbocycles. The summed E-state index contributed by atoms with van der Waals surface area (Å²) in [5, 5.41) is 0. The second-order valence-corrected chi connectivity index (χ2v) is 6.40. The summed E-state index contributed by atoms with van der Waals surface area (Å²) in [4.78, 5) is 22.4. The Labute approximate surface area is 133 Å². The zero-order valence-electron chi connectivity index (χ0n) is 14.0. The van der Waals surface area contributed by atoms with Gasteiger partial charge in [0, 0.05) is 0 Å². The molecule has 0 aromatic heterocycles. The zero-order valence-corrected chi connectivity index (χ0v) is 14.0. The van der Waals surface area contributed by atoms with Gasteiger partial charge in [-0.25, -0.2) is 4.79 Å². The maximum atomic E-state index is 12.1. The van der Waals surface area contributed by atoms with E-state index in [9.17, 15) is 4.79 Å². The molecule has 1 fully saturated rings. The van der Waals surface area contributed by atoms with Gasteiger partial charge in [0.2, 0.25) is 0 Å². The number of rotatable bonds is 6. The van der Waals surface area contributed by atoms with Crippen molar-refractivity contribution in [1.82, 2.24) is 0 Å². The fourth-order valence-electron chi connectivity index (χ4n) is 3.05. The van der Waals surface area contributed by atoms with E-state index in [0.29, 0.717) is 5.56 Å². The number of hydrogen-bond acceptors (Lipinski definition) is 3. The van der Waals surface area contributed by atoms with E-state index in [1.165, 1.54) is 19.3 Å². The maximum Gasteiger partial charge on any atom is 0.373 e. The van der Waals surface area contributed by atoms with Crippen molar-refractivity contribution < 1.29 is 14.6 Å². The van der Waals surface area contributed by atoms with E-state index in [1.54, 1.807) is 6.07 Å². The highest BCUT2D eigenvalue weighted by atomic mass is 17.2. The van der Waals surface area contributed by atoms with E-state index < -0.39 is 5.97 Å². The quantitative estimate of drug-likeness (QED) is 0.528. The van der Waals surface area contributed by atoms with Gasteiger partial charge in [-0.05, 0) is 57.1 Å². The number of aryl methyl sites for hydroxylation is 2. The second kappa shape index (κ2) is 8.33. The summed E-state index contributed by atoms with van der Waals surface area (Å²) >= 11 is 0. The lowest BCUT2D eigenvalue weighted by molar-refractivity contribution is -0.240. The van der Waals surface area contributed by atoms with Crippen molar-refractivity contribution in [2.24, 2.45) is 5.92 Å². The number of hydrogen-bond donors (Lipinski definition) is 0. The van der Waals surface area contributed by atoms with Crippen molar-refractivity contribution in [3.05, 3.63) is 41.0 Å². The highest BCUT2D eigenvalue weighted by molar-refractivity contribution is 5.90. The molecule has 3 heteroatoms. The SMILES string of the molecule is CCCCC1CC[C](OOC(=O)c2ccc(C)cc2C)CC1. The van der Waals surface area contributed by atoms with Crippen LogP contribution in [-0.2, 0) is 9.78 Å². The number of benzene rings is 1. The number of carbonyl (C=O) groups excluding carboxylic acids is 1. The molecule has 0 aliphatic heterocycles. The van der Waals surface area contributed by atoms with Gasteiger partial charge in [-0.3, -0.25) is 4.89 Å². The van der Waals surface area contributed by atoms with Crippen molar-refractivity contribution in [3.63, 3.8) is 0 Å². The largest absolute Gasteiger partial charge is 0.373 e. The number of unbranched alkanes of at least 4 members (excludes halogenated alkanes) is 1. The molecule has 121 valence electrons. The van der Waals surface area contributed by atoms with Crippen LogP contribution in [0.2, 0.25) is 0 Å². The minimum atomic E-state index is -0.405. The van der Waals surface area contributed by atoms with Crippen LogP contribution in [0.25, 0.3) is 0 Å². The van der Waals surface area contributed by atoms with Crippen LogP contribution < -0.4 is 0 Å². The summed E-state index contributed by atoms with van der Waals surface area (Å²) in [5.74, 6) is 0.403. The number of carbonyl (C=O) groups is 1. The summed E-state index contributed by atoms with van der Waals surface area (Å²) < 4.78 is 0. The standard InChI is InChI=1S/C19H27O3/c1-4-5-6-16-8-10-17(11-9-16)21-22-19(20)18-12-7-14(2)13-15(18)3/h7,12-13,16H,4-6,8-11H2,1-3H3. The lowest BCUT2D eigenvalue weighted by Gasteiger charge is -2.26. The minimum absolute atomic E-state index is 0.405. The normalized spacial score (nSPS) is 16.7. The molecule has 0 saturated heterocycles. The predicted octanol–water partition coefficient (Wildman–Crippen LogP) is 5.30. The zero-order chi connectivity index (χ0) is 15.9. The molecule has 2 rings (SSSR count). The predicted molar refractivity (Wildman–Crippen MR) is 87.1 cm³/mol. The van der Waals surface area contributed by atoms with Gasteiger partial charge in [-0.1, -0.05) is 43.9 Å². The van der Waals surface area contributed by atoms with Gasteiger partial charge in [0.05, 0.1) is 5.56 Å². The van der Waals surface area contributed by atoms with E-state index in [2.05, 4.69) is 6.92 Å². The van der Waals surface area contributed by atoms with Gasteiger partial charge in [0.1, 0.15) is 6.10 Å². The Bertz CT molecular complexity index is 487. The van der Waals surface area contributed by atoms with Crippen molar-refractivity contribution in [1.29, 1.82) is 0 Å². The molecule has 0 bridgehead atoms. The van der Waals surface area contributed by atoms with Crippen LogP contribution >= 0.6 is 0 Å². The van der Waals surface area contributed by atoms with Crippen molar-refractivity contribution in [3.8, 4) is 0 Å². The van der Waals surface area contributed by atoms with E-state index in [1.807, 2.05) is 26.0 Å². The molecule has 0 spiro atoms. The van der Waals surface area contributed by atoms with Gasteiger partial charge in [-0.2, -0.15) is 4.89 Å². The first-order valence-corrected chi connectivity index (χ1v) is 8.41. The van der Waals surface area contributed by atoms with Gasteiger partial charge in [-0.15, -0.1) is 0 Å². The fourth-order valence-corrected chi connectivity index (χ4v) is 3.05. The molecule has 0 heterocycles. The van der Waals surface area contributed by atoms with Crippen molar-refractivity contribution in [2.45, 2.75) is 65.7 Å². The van der Waals surface area contributed by atoms with Crippen LogP contribution in [0.5, 0.6) is 0 Å². The first kappa shape index (κ1) is 17.0. The van der Waals surface area contributed by atoms with Crippen LogP contribution in [0.1, 0.15) is 73.4 Å². The Morgan fingerprint density at radius 3 is 2.59 bits per heavy atom. The Morgan fingerprint density at radius 2 is 1.95 bits per heavy atom. The van der Waals surface area contributed by atoms with E-state index in [0.717, 1.165) is 48.8 Å². The van der Waals surface area contributed by atoms with Crippen molar-refractivity contribution in [2.75, 3.05) is 0 Å². The molecule has 1 aromatic rings. The second-order valence-electron chi connectivity index (χ2n) is 6.40. The van der Waals surface area contributed by atoms with E-state index in [-0.39, 0.29) is 0 Å². The third-order valence-corrected chi connectivity index (χ3v) is 4.47. The summed E-state index contributed by atoms with van der Waals surface area (Å²) in [5.41, 5.74) is 2.62. The average molecular weight is 303 g/mol. The van der Waals surface area contributed by atoms with Crippen LogP contribution in [0.4, 0.5) is 0 Å². The van der Waals surface area contributed by atoms with Crippen LogP contribution in [-0.4, -0.2) is 5.97 Å². The molecular weight excluding hydrogens is 276 g/mol. The monoisotopic (exact) mass is 303 g/mol. The van der Waals surface area contributed by atoms with E-state index >= 15 is 0 Å². The van der Waals surface area contributed by atoms with Gasteiger partial charge >= 0.3 is 5.97 Å². The lowest BCUT2D eigenvalue weighted by atomic mass is 9.84. The Morgan fingerprint density at radius 1 is 1.23 bits per heavy atom. The minimum Gasteiger partial charge on any atom is -0.292 e. The first-order valence-electron chi connectivity index (χ1n) is 8.41. The topological polar surface area (TPSA) is 35.5 Å². The molecule has 1 aliphatic carbocycles. The smallest absolute Gasteiger partial charge is 0.292 e. The molecule has 22 heavy (non-hydrogen) atoms. The molecule has 0 unspecified atom stereocenters. The highest BCUT2D eigenvalue weighted by Gasteiger charge is 2.24. The van der Waals surface area contributed by atoms with E-state index in [4.69, 9.17) is 9.78 Å². The summed E-state index contributed by atoms with van der Waals surface area (Å²) in [6.45, 7) is 6.15. The summed E-state index contributed by atoms with van der Waals surface area (Å²) in [6.07, 6.45) is 8.91. The molecule has 1 aliphatic rings. The third-order valence-electron chi connectivity index (χ3n) is 4.47. The van der Waals surface area contributed by atoms with Crippen LogP contribution in [0.15, 0.2) is 18.2 Å². The van der Waals surface area contributed by atoms with Gasteiger partial charge in [0.25, 0.3) is 0 Å². The van der Waals surface area contributed by atoms with Crippen LogP contribution in [0, 0.1) is 25.9 Å². The Hall–Kier alpha value is -1.35. The fraction of sp³-hybridized carbons (Fsp3) is 0.579. The summed E-state index contributed by atoms with van der Waals surface area (Å²) in [6, 6.07) is 5.68. The van der Waals surface area contributed by atoms with Crippen LogP contribution in [0.3, 0.4) is 0 Å². The summed E-state index contributed by atoms with van der Waals surface area (Å²) in [7, 11) is 0. The van der Waals surface area contributed by atoms with Gasteiger partial charge < -0.3 is 0 Å². The molecular formula is C19H27O3. The van der Waals surface area contributed by atoms with Crippen molar-refractivity contribution >= 4 is 5.97 Å². The molecule has 1 aromatic carbocycles. The molecule has 3 nitrogen and oxygen atoms in total. The third kappa shape index (κ3) is 4.84. The highest BCUT2D eigenvalue weighted by Crippen LogP contribution is 2.34. The molecule has 0 amide bonds. The average Bonchev–Trinajstić information content (AvgIpc) is 2.51. The Balaban J connectivity index is 1.75. The lowest BCUT2D eigenvalue weighted by Crippen LogP contribution is -2.17.